The third-order valence-corrected chi connectivity index (χ3v) is 5.75. The van der Waals surface area contributed by atoms with Crippen molar-refractivity contribution in [3.8, 4) is 0 Å². The number of anilines is 1. The first kappa shape index (κ1) is 14.0. The number of benzene rings is 1. The fourth-order valence-corrected chi connectivity index (χ4v) is 4.84. The Labute approximate surface area is 133 Å². The van der Waals surface area contributed by atoms with Gasteiger partial charge in [-0.3, -0.25) is 0 Å². The number of hydrogen-bond acceptors (Lipinski definition) is 3. The highest BCUT2D eigenvalue weighted by Crippen LogP contribution is 2.38. The molecule has 1 unspecified atom stereocenters. The SMILES string of the molecule is Ic1cccc(NC2CCOC3(CCSCC3)C2)c1. The van der Waals surface area contributed by atoms with Gasteiger partial charge in [0.2, 0.25) is 0 Å². The van der Waals surface area contributed by atoms with Gasteiger partial charge in [-0.25, -0.2) is 0 Å². The number of thioether (sulfide) groups is 1. The standard InChI is InChI=1S/C15H20INOS/c16-12-2-1-3-13(10-12)17-14-4-7-18-15(11-14)5-8-19-9-6-15/h1-3,10,14,17H,4-9,11H2. The third kappa shape index (κ3) is 3.58. The molecule has 1 N–H and O–H groups in total. The normalized spacial score (nSPS) is 26.3. The number of ether oxygens (including phenoxy) is 1. The van der Waals surface area contributed by atoms with Gasteiger partial charge in [0.15, 0.2) is 0 Å². The molecule has 0 aromatic heterocycles. The van der Waals surface area contributed by atoms with Crippen LogP contribution >= 0.6 is 34.4 Å². The zero-order valence-electron chi connectivity index (χ0n) is 11.0. The van der Waals surface area contributed by atoms with Crippen LogP contribution in [0.15, 0.2) is 24.3 Å². The fraction of sp³-hybridized carbons (Fsp3) is 0.600. The van der Waals surface area contributed by atoms with Crippen LogP contribution < -0.4 is 5.32 Å². The van der Waals surface area contributed by atoms with Crippen molar-refractivity contribution in [2.45, 2.75) is 37.3 Å². The summed E-state index contributed by atoms with van der Waals surface area (Å²) in [5.41, 5.74) is 1.42. The Morgan fingerprint density at radius 3 is 2.95 bits per heavy atom. The molecule has 2 heterocycles. The molecule has 1 spiro atoms. The van der Waals surface area contributed by atoms with E-state index in [1.807, 2.05) is 0 Å². The van der Waals surface area contributed by atoms with Gasteiger partial charge >= 0.3 is 0 Å². The van der Waals surface area contributed by atoms with E-state index in [9.17, 15) is 0 Å². The van der Waals surface area contributed by atoms with Gasteiger partial charge in [-0.2, -0.15) is 11.8 Å². The Bertz CT molecular complexity index is 428. The van der Waals surface area contributed by atoms with Crippen LogP contribution in [0.5, 0.6) is 0 Å². The first-order valence-corrected chi connectivity index (χ1v) is 9.23. The largest absolute Gasteiger partial charge is 0.382 e. The summed E-state index contributed by atoms with van der Waals surface area (Å²) in [5, 5.41) is 3.70. The zero-order valence-corrected chi connectivity index (χ0v) is 14.0. The van der Waals surface area contributed by atoms with E-state index in [1.54, 1.807) is 0 Å². The summed E-state index contributed by atoms with van der Waals surface area (Å²) >= 11 is 4.44. The minimum Gasteiger partial charge on any atom is -0.382 e. The third-order valence-electron chi connectivity index (χ3n) is 4.09. The second kappa shape index (κ2) is 6.22. The molecule has 0 aliphatic carbocycles. The summed E-state index contributed by atoms with van der Waals surface area (Å²) < 4.78 is 7.43. The predicted octanol–water partition coefficient (Wildman–Crippen LogP) is 4.15. The van der Waals surface area contributed by atoms with Gasteiger partial charge in [0.25, 0.3) is 0 Å². The van der Waals surface area contributed by atoms with Gasteiger partial charge in [0.05, 0.1) is 5.60 Å². The molecular formula is C15H20INOS. The second-order valence-corrected chi connectivity index (χ2v) is 7.96. The summed E-state index contributed by atoms with van der Waals surface area (Å²) in [5.74, 6) is 2.52. The lowest BCUT2D eigenvalue weighted by molar-refractivity contribution is -0.0865. The van der Waals surface area contributed by atoms with Crippen molar-refractivity contribution in [2.24, 2.45) is 0 Å². The molecule has 2 aliphatic heterocycles. The van der Waals surface area contributed by atoms with Crippen LogP contribution in [0, 0.1) is 3.57 Å². The van der Waals surface area contributed by atoms with Gasteiger partial charge < -0.3 is 10.1 Å². The van der Waals surface area contributed by atoms with Gasteiger partial charge in [-0.15, -0.1) is 0 Å². The van der Waals surface area contributed by atoms with Crippen LogP contribution in [0.25, 0.3) is 0 Å². The van der Waals surface area contributed by atoms with Crippen molar-refractivity contribution in [1.29, 1.82) is 0 Å². The lowest BCUT2D eigenvalue weighted by atomic mass is 9.85. The van der Waals surface area contributed by atoms with E-state index in [0.717, 1.165) is 13.0 Å². The molecule has 1 atom stereocenters. The van der Waals surface area contributed by atoms with Crippen LogP contribution in [0.4, 0.5) is 5.69 Å². The molecule has 0 radical (unpaired) electrons. The highest BCUT2D eigenvalue weighted by atomic mass is 127. The summed E-state index contributed by atoms with van der Waals surface area (Å²) in [7, 11) is 0. The maximum atomic E-state index is 6.14. The number of nitrogens with one attached hydrogen (secondary N) is 1. The molecule has 104 valence electrons. The molecule has 2 fully saturated rings. The van der Waals surface area contributed by atoms with Crippen molar-refractivity contribution in [1.82, 2.24) is 0 Å². The second-order valence-electron chi connectivity index (χ2n) is 5.49. The lowest BCUT2D eigenvalue weighted by Crippen LogP contribution is -2.46. The van der Waals surface area contributed by atoms with E-state index in [4.69, 9.17) is 4.74 Å². The molecule has 3 rings (SSSR count). The minimum atomic E-state index is 0.170. The molecule has 2 aliphatic rings. The van der Waals surface area contributed by atoms with Crippen molar-refractivity contribution in [3.05, 3.63) is 27.8 Å². The van der Waals surface area contributed by atoms with E-state index in [1.165, 1.54) is 40.0 Å². The van der Waals surface area contributed by atoms with Crippen LogP contribution in [0.2, 0.25) is 0 Å². The Hall–Kier alpha value is 0.0600. The number of hydrogen-bond donors (Lipinski definition) is 1. The van der Waals surface area contributed by atoms with E-state index in [2.05, 4.69) is 63.9 Å². The molecule has 0 amide bonds. The number of rotatable bonds is 2. The Morgan fingerprint density at radius 2 is 2.16 bits per heavy atom. The topological polar surface area (TPSA) is 21.3 Å². The Kier molecular flexibility index (Phi) is 4.59. The lowest BCUT2D eigenvalue weighted by Gasteiger charge is -2.43. The molecule has 1 aromatic rings. The summed E-state index contributed by atoms with van der Waals surface area (Å²) in [4.78, 5) is 0. The van der Waals surface area contributed by atoms with Gasteiger partial charge in [-0.1, -0.05) is 6.07 Å². The smallest absolute Gasteiger partial charge is 0.0717 e. The van der Waals surface area contributed by atoms with E-state index in [0.29, 0.717) is 6.04 Å². The highest BCUT2D eigenvalue weighted by Gasteiger charge is 2.38. The summed E-state index contributed by atoms with van der Waals surface area (Å²) in [6.07, 6.45) is 4.74. The van der Waals surface area contributed by atoms with E-state index < -0.39 is 0 Å². The maximum Gasteiger partial charge on any atom is 0.0717 e. The average molecular weight is 389 g/mol. The van der Waals surface area contributed by atoms with Crippen LogP contribution in [0.1, 0.15) is 25.7 Å². The molecule has 0 bridgehead atoms. The van der Waals surface area contributed by atoms with Crippen molar-refractivity contribution in [3.63, 3.8) is 0 Å². The van der Waals surface area contributed by atoms with Gasteiger partial charge in [0, 0.05) is 21.9 Å². The van der Waals surface area contributed by atoms with Crippen molar-refractivity contribution < 1.29 is 4.74 Å². The predicted molar refractivity (Wildman–Crippen MR) is 91.0 cm³/mol. The van der Waals surface area contributed by atoms with Crippen LogP contribution in [-0.2, 0) is 4.74 Å². The quantitative estimate of drug-likeness (QED) is 0.768. The zero-order chi connectivity index (χ0) is 13.1. The first-order valence-electron chi connectivity index (χ1n) is 7.00. The van der Waals surface area contributed by atoms with E-state index >= 15 is 0 Å². The fourth-order valence-electron chi connectivity index (χ4n) is 3.06. The average Bonchev–Trinajstić information content (AvgIpc) is 2.40. The molecule has 1 aromatic carbocycles. The van der Waals surface area contributed by atoms with Crippen molar-refractivity contribution >= 4 is 40.0 Å². The molecule has 4 heteroatoms. The Balaban J connectivity index is 1.65. The first-order chi connectivity index (χ1) is 9.26. The van der Waals surface area contributed by atoms with Crippen LogP contribution in [0.3, 0.4) is 0 Å². The molecular weight excluding hydrogens is 369 g/mol. The molecule has 19 heavy (non-hydrogen) atoms. The minimum absolute atomic E-state index is 0.170. The van der Waals surface area contributed by atoms with Gasteiger partial charge in [0.1, 0.15) is 0 Å². The molecule has 2 saturated heterocycles. The molecule has 0 saturated carbocycles. The van der Waals surface area contributed by atoms with Gasteiger partial charge in [-0.05, 0) is 78.0 Å². The van der Waals surface area contributed by atoms with Crippen molar-refractivity contribution in [2.75, 3.05) is 23.4 Å². The maximum absolute atomic E-state index is 6.14. The monoisotopic (exact) mass is 389 g/mol. The van der Waals surface area contributed by atoms with Crippen LogP contribution in [-0.4, -0.2) is 29.8 Å². The highest BCUT2D eigenvalue weighted by molar-refractivity contribution is 14.1. The summed E-state index contributed by atoms with van der Waals surface area (Å²) in [6, 6.07) is 9.21. The van der Waals surface area contributed by atoms with E-state index in [-0.39, 0.29) is 5.60 Å². The summed E-state index contributed by atoms with van der Waals surface area (Å²) in [6.45, 7) is 0.909. The Morgan fingerprint density at radius 1 is 1.32 bits per heavy atom. The molecule has 2 nitrogen and oxygen atoms in total. The number of halogens is 1.